The minimum atomic E-state index is 0.377. The zero-order valence-corrected chi connectivity index (χ0v) is 33.5. The second-order valence-corrected chi connectivity index (χ2v) is 18.5. The fraction of sp³-hybridized carbons (Fsp3) is 0.236. The van der Waals surface area contributed by atoms with Gasteiger partial charge in [-0.2, -0.15) is 0 Å². The number of nitrogens with zero attached hydrogens (tertiary/aromatic N) is 1. The van der Waals surface area contributed by atoms with Gasteiger partial charge in [-0.3, -0.25) is 0 Å². The van der Waals surface area contributed by atoms with Gasteiger partial charge in [0.1, 0.15) is 0 Å². The molecule has 7 aromatic rings. The Morgan fingerprint density at radius 2 is 1.46 bits per heavy atom. The Kier molecular flexibility index (Phi) is 8.37. The van der Waals surface area contributed by atoms with E-state index in [9.17, 15) is 0 Å². The van der Waals surface area contributed by atoms with E-state index in [0.29, 0.717) is 5.41 Å². The minimum Gasteiger partial charge on any atom is -0.310 e. The molecule has 57 heavy (non-hydrogen) atoms. The molecular weight excluding hydrogens is 707 g/mol. The van der Waals surface area contributed by atoms with Crippen molar-refractivity contribution in [2.45, 2.75) is 63.7 Å². The summed E-state index contributed by atoms with van der Waals surface area (Å²) in [4.78, 5) is 2.45. The van der Waals surface area contributed by atoms with Crippen LogP contribution in [0.5, 0.6) is 0 Å². The molecule has 4 fully saturated rings. The van der Waals surface area contributed by atoms with E-state index in [4.69, 9.17) is 6.42 Å². The van der Waals surface area contributed by atoms with E-state index in [1.54, 1.807) is 5.56 Å². The number of fused-ring (bicyclic) bond motifs is 5. The van der Waals surface area contributed by atoms with Gasteiger partial charge in [-0.05, 0) is 173 Å². The lowest BCUT2D eigenvalue weighted by Gasteiger charge is -2.57. The van der Waals surface area contributed by atoms with Gasteiger partial charge in [0.15, 0.2) is 0 Å². The van der Waals surface area contributed by atoms with Crippen LogP contribution in [0.1, 0.15) is 75.0 Å². The maximum absolute atomic E-state index is 6.03. The SMILES string of the molecule is C#C/C=C\C(=C(/C)c1cccc2cccc(C3=CC=CCC3)c12)N(c1ccc2cc(C34CC5CC(CC(C5)C3)C4)ccc2c1)c1ccc2c(c1)sc1ccccc12. The summed E-state index contributed by atoms with van der Waals surface area (Å²) < 4.78 is 2.59. The lowest BCUT2D eigenvalue weighted by atomic mass is 9.48. The number of thiophene rings is 1. The minimum absolute atomic E-state index is 0.377. The van der Waals surface area contributed by atoms with Gasteiger partial charge in [0.25, 0.3) is 0 Å². The summed E-state index contributed by atoms with van der Waals surface area (Å²) in [5.41, 5.74) is 10.4. The Morgan fingerprint density at radius 1 is 0.737 bits per heavy atom. The lowest BCUT2D eigenvalue weighted by Crippen LogP contribution is -2.48. The van der Waals surface area contributed by atoms with E-state index in [-0.39, 0.29) is 0 Å². The Hall–Kier alpha value is -5.62. The number of rotatable bonds is 7. The van der Waals surface area contributed by atoms with Crippen LogP contribution in [0.15, 0.2) is 151 Å². The summed E-state index contributed by atoms with van der Waals surface area (Å²) in [6, 6.07) is 43.8. The monoisotopic (exact) mass is 753 g/mol. The summed E-state index contributed by atoms with van der Waals surface area (Å²) in [6.07, 6.45) is 27.5. The zero-order valence-electron chi connectivity index (χ0n) is 32.7. The highest BCUT2D eigenvalue weighted by Gasteiger charge is 2.51. The molecular formula is C55H47NS. The molecule has 0 aliphatic heterocycles. The number of hydrogen-bond donors (Lipinski definition) is 0. The van der Waals surface area contributed by atoms with Crippen molar-refractivity contribution in [3.8, 4) is 12.3 Å². The predicted octanol–water partition coefficient (Wildman–Crippen LogP) is 15.3. The standard InChI is InChI=1S/C55H47NS/c1-3-4-19-51(36(2)47-17-10-14-41-15-11-18-48(54(41)47)40-12-6-5-7-13-40)56(46-25-26-50-49-16-8-9-20-52(49)57-53(50)32-46)45-24-22-42-30-44(23-21-43(42)31-45)55-33-37-27-38(34-55)29-39(28-37)35-55/h1,4-6,8-12,14-26,30-32,37-39H,7,13,27-29,33-35H2,2H3/b19-4-,51-36-. The maximum Gasteiger partial charge on any atom is 0.0503 e. The molecule has 1 heterocycles. The molecule has 4 bridgehead atoms. The number of allylic oxidation sites excluding steroid dienone is 7. The van der Waals surface area contributed by atoms with E-state index >= 15 is 0 Å². The average molecular weight is 754 g/mol. The number of hydrogen-bond acceptors (Lipinski definition) is 2. The van der Waals surface area contributed by atoms with E-state index in [1.165, 1.54) is 103 Å². The van der Waals surface area contributed by atoms with Gasteiger partial charge in [0, 0.05) is 31.5 Å². The number of anilines is 2. The van der Waals surface area contributed by atoms with Gasteiger partial charge in [0.05, 0.1) is 5.70 Å². The van der Waals surface area contributed by atoms with Crippen LogP contribution in [0.2, 0.25) is 0 Å². The fourth-order valence-electron chi connectivity index (χ4n) is 11.8. The van der Waals surface area contributed by atoms with Crippen molar-refractivity contribution in [3.05, 3.63) is 168 Å². The van der Waals surface area contributed by atoms with E-state index in [2.05, 4.69) is 157 Å². The first-order valence-electron chi connectivity index (χ1n) is 21.0. The summed E-state index contributed by atoms with van der Waals surface area (Å²) in [5.74, 6) is 5.63. The van der Waals surface area contributed by atoms with Crippen molar-refractivity contribution in [2.75, 3.05) is 4.90 Å². The Bertz CT molecular complexity index is 2880. The molecule has 5 aliphatic carbocycles. The molecule has 0 amide bonds. The van der Waals surface area contributed by atoms with Crippen LogP contribution in [0.25, 0.3) is 52.9 Å². The summed E-state index contributed by atoms with van der Waals surface area (Å²) in [5, 5.41) is 7.76. The highest BCUT2D eigenvalue weighted by molar-refractivity contribution is 7.25. The van der Waals surface area contributed by atoms with E-state index in [0.717, 1.165) is 47.7 Å². The second kappa shape index (κ2) is 13.8. The van der Waals surface area contributed by atoms with Crippen LogP contribution in [0, 0.1) is 30.1 Å². The van der Waals surface area contributed by atoms with Crippen molar-refractivity contribution < 1.29 is 0 Å². The molecule has 0 atom stereocenters. The molecule has 1 nitrogen and oxygen atoms in total. The first kappa shape index (κ1) is 34.6. The van der Waals surface area contributed by atoms with Crippen LogP contribution >= 0.6 is 11.3 Å². The molecule has 6 aromatic carbocycles. The first-order valence-corrected chi connectivity index (χ1v) is 21.8. The molecule has 0 spiro atoms. The zero-order chi connectivity index (χ0) is 38.1. The van der Waals surface area contributed by atoms with Crippen LogP contribution < -0.4 is 4.90 Å². The Morgan fingerprint density at radius 3 is 2.25 bits per heavy atom. The maximum atomic E-state index is 6.03. The largest absolute Gasteiger partial charge is 0.310 e. The van der Waals surface area contributed by atoms with Crippen molar-refractivity contribution >= 4 is 75.6 Å². The molecule has 2 heteroatoms. The van der Waals surface area contributed by atoms with Crippen LogP contribution in [0.4, 0.5) is 11.4 Å². The molecule has 1 aromatic heterocycles. The van der Waals surface area contributed by atoms with E-state index < -0.39 is 0 Å². The van der Waals surface area contributed by atoms with Gasteiger partial charge in [0.2, 0.25) is 0 Å². The van der Waals surface area contributed by atoms with Crippen LogP contribution in [-0.2, 0) is 5.41 Å². The summed E-state index contributed by atoms with van der Waals surface area (Å²) in [6.45, 7) is 2.28. The fourth-order valence-corrected chi connectivity index (χ4v) is 13.0. The van der Waals surface area contributed by atoms with Gasteiger partial charge in [-0.15, -0.1) is 17.8 Å². The van der Waals surface area contributed by atoms with Crippen LogP contribution in [-0.4, -0.2) is 0 Å². The lowest BCUT2D eigenvalue weighted by molar-refractivity contribution is -0.00512. The molecule has 278 valence electrons. The molecule has 0 radical (unpaired) electrons. The average Bonchev–Trinajstić information content (AvgIpc) is 3.62. The van der Waals surface area contributed by atoms with Crippen molar-refractivity contribution in [2.24, 2.45) is 17.8 Å². The van der Waals surface area contributed by atoms with Crippen LogP contribution in [0.3, 0.4) is 0 Å². The quantitative estimate of drug-likeness (QED) is 0.116. The van der Waals surface area contributed by atoms with Gasteiger partial charge >= 0.3 is 0 Å². The third-order valence-corrected chi connectivity index (χ3v) is 15.1. The normalized spacial score (nSPS) is 23.1. The van der Waals surface area contributed by atoms with E-state index in [1.807, 2.05) is 17.4 Å². The summed E-state index contributed by atoms with van der Waals surface area (Å²) >= 11 is 1.86. The van der Waals surface area contributed by atoms with Crippen molar-refractivity contribution in [3.63, 3.8) is 0 Å². The van der Waals surface area contributed by atoms with Crippen molar-refractivity contribution in [1.82, 2.24) is 0 Å². The molecule has 12 rings (SSSR count). The summed E-state index contributed by atoms with van der Waals surface area (Å²) in [7, 11) is 0. The van der Waals surface area contributed by atoms with Gasteiger partial charge in [-0.25, -0.2) is 0 Å². The van der Waals surface area contributed by atoms with Gasteiger partial charge in [-0.1, -0.05) is 109 Å². The number of terminal acetylenes is 1. The Balaban J connectivity index is 1.10. The molecule has 0 N–H and O–H groups in total. The molecule has 4 saturated carbocycles. The molecule has 5 aliphatic rings. The first-order chi connectivity index (χ1) is 28.0. The molecule has 0 saturated heterocycles. The topological polar surface area (TPSA) is 3.24 Å². The Labute approximate surface area is 340 Å². The second-order valence-electron chi connectivity index (χ2n) is 17.4. The highest BCUT2D eigenvalue weighted by atomic mass is 32.1. The molecule has 0 unspecified atom stereocenters. The predicted molar refractivity (Wildman–Crippen MR) is 246 cm³/mol. The number of benzene rings is 6. The highest BCUT2D eigenvalue weighted by Crippen LogP contribution is 2.61. The van der Waals surface area contributed by atoms with Gasteiger partial charge < -0.3 is 4.90 Å². The third kappa shape index (κ3) is 5.90. The van der Waals surface area contributed by atoms with Crippen molar-refractivity contribution in [1.29, 1.82) is 0 Å². The smallest absolute Gasteiger partial charge is 0.0503 e. The third-order valence-electron chi connectivity index (χ3n) is 14.0.